The Morgan fingerprint density at radius 3 is 1.42 bits per heavy atom. The molecule has 0 aromatic heterocycles. The number of ether oxygens (including phenoxy) is 1. The molecule has 3 aromatic carbocycles. The summed E-state index contributed by atoms with van der Waals surface area (Å²) in [4.78, 5) is 1.79. The molecule has 0 unspecified atom stereocenters. The van der Waals surface area contributed by atoms with Crippen molar-refractivity contribution >= 4 is 10.9 Å². The quantitative estimate of drug-likeness (QED) is 0.306. The molecular formula is C24H21F6O2S+. The first-order valence-corrected chi connectivity index (χ1v) is 11.1. The number of aryl methyl sites for hydroxylation is 2. The third-order valence-corrected chi connectivity index (χ3v) is 7.04. The van der Waals surface area contributed by atoms with Crippen LogP contribution in [0.2, 0.25) is 0 Å². The van der Waals surface area contributed by atoms with Gasteiger partial charge in [0.2, 0.25) is 0 Å². The summed E-state index contributed by atoms with van der Waals surface area (Å²) in [6, 6.07) is 12.9. The highest BCUT2D eigenvalue weighted by Crippen LogP contribution is 2.38. The highest BCUT2D eigenvalue weighted by atomic mass is 32.2. The number of aliphatic hydroxyl groups excluding tert-OH is 1. The molecule has 0 saturated heterocycles. The van der Waals surface area contributed by atoms with Crippen molar-refractivity contribution in [3.8, 4) is 5.75 Å². The standard InChI is InChI=1S/C24H21F6O2S/c1-15-13-21(14-16(2)22(15)32-12-11-31)33(19-7-3-17(4-8-19)23(25,26)27)20-9-5-18(6-10-20)24(28,29)30/h3-10,13-14,31H,11-12H2,1-2H3/q+1. The molecule has 0 radical (unpaired) electrons. The van der Waals surface area contributed by atoms with E-state index in [0.717, 1.165) is 40.3 Å². The largest absolute Gasteiger partial charge is 0.491 e. The minimum absolute atomic E-state index is 0.102. The van der Waals surface area contributed by atoms with E-state index >= 15 is 0 Å². The van der Waals surface area contributed by atoms with Gasteiger partial charge in [-0.1, -0.05) is 0 Å². The van der Waals surface area contributed by atoms with Gasteiger partial charge in [0.15, 0.2) is 14.7 Å². The summed E-state index contributed by atoms with van der Waals surface area (Å²) in [5.74, 6) is 0.580. The molecule has 0 amide bonds. The maximum Gasteiger partial charge on any atom is 0.416 e. The van der Waals surface area contributed by atoms with Crippen LogP contribution in [0.1, 0.15) is 22.3 Å². The number of hydrogen-bond acceptors (Lipinski definition) is 2. The average molecular weight is 487 g/mol. The van der Waals surface area contributed by atoms with Crippen molar-refractivity contribution in [1.82, 2.24) is 0 Å². The molecule has 3 rings (SSSR count). The topological polar surface area (TPSA) is 29.5 Å². The molecule has 1 N–H and O–H groups in total. The Balaban J connectivity index is 2.12. The Labute approximate surface area is 190 Å². The van der Waals surface area contributed by atoms with Gasteiger partial charge in [0.25, 0.3) is 0 Å². The van der Waals surface area contributed by atoms with Crippen molar-refractivity contribution in [3.63, 3.8) is 0 Å². The molecule has 0 aliphatic heterocycles. The summed E-state index contributed by atoms with van der Waals surface area (Å²) in [6.07, 6.45) is -8.99. The summed E-state index contributed by atoms with van der Waals surface area (Å²) in [5, 5.41) is 9.02. The SMILES string of the molecule is Cc1cc([S+](c2ccc(C(F)(F)F)cc2)c2ccc(C(F)(F)F)cc2)cc(C)c1OCCO. The molecule has 0 heterocycles. The van der Waals surface area contributed by atoms with Gasteiger partial charge in [0.05, 0.1) is 28.6 Å². The first-order chi connectivity index (χ1) is 15.4. The molecule has 0 aliphatic carbocycles. The molecule has 2 nitrogen and oxygen atoms in total. The first kappa shape index (κ1) is 25.0. The molecule has 0 bridgehead atoms. The Morgan fingerprint density at radius 2 is 1.09 bits per heavy atom. The zero-order valence-corrected chi connectivity index (χ0v) is 18.5. The van der Waals surface area contributed by atoms with E-state index in [-0.39, 0.29) is 13.2 Å². The summed E-state index contributed by atoms with van der Waals surface area (Å²) in [6.45, 7) is 3.53. The summed E-state index contributed by atoms with van der Waals surface area (Å²) >= 11 is 0. The molecule has 33 heavy (non-hydrogen) atoms. The lowest BCUT2D eigenvalue weighted by Crippen LogP contribution is -2.10. The number of aliphatic hydroxyl groups is 1. The molecule has 3 aromatic rings. The fourth-order valence-electron chi connectivity index (χ4n) is 3.37. The van der Waals surface area contributed by atoms with Gasteiger partial charge in [-0.05, 0) is 73.5 Å². The minimum atomic E-state index is -4.50. The first-order valence-electron chi connectivity index (χ1n) is 9.85. The summed E-state index contributed by atoms with van der Waals surface area (Å²) in [7, 11) is -0.959. The van der Waals surface area contributed by atoms with Crippen molar-refractivity contribution < 1.29 is 36.2 Å². The lowest BCUT2D eigenvalue weighted by molar-refractivity contribution is -0.138. The van der Waals surface area contributed by atoms with Gasteiger partial charge < -0.3 is 9.84 Å². The number of benzene rings is 3. The molecular weight excluding hydrogens is 466 g/mol. The lowest BCUT2D eigenvalue weighted by atomic mass is 10.1. The van der Waals surface area contributed by atoms with E-state index in [1.165, 1.54) is 24.3 Å². The fourth-order valence-corrected chi connectivity index (χ4v) is 5.59. The van der Waals surface area contributed by atoms with E-state index in [2.05, 4.69) is 0 Å². The molecule has 9 heteroatoms. The van der Waals surface area contributed by atoms with Gasteiger partial charge in [-0.25, -0.2) is 0 Å². The predicted octanol–water partition coefficient (Wildman–Crippen LogP) is 6.81. The van der Waals surface area contributed by atoms with Crippen molar-refractivity contribution in [3.05, 3.63) is 82.9 Å². The predicted molar refractivity (Wildman–Crippen MR) is 114 cm³/mol. The summed E-state index contributed by atoms with van der Waals surface area (Å²) < 4.78 is 83.8. The Kier molecular flexibility index (Phi) is 7.33. The number of alkyl halides is 6. The van der Waals surface area contributed by atoms with Crippen molar-refractivity contribution in [1.29, 1.82) is 0 Å². The van der Waals surface area contributed by atoms with E-state index in [1.807, 2.05) is 0 Å². The smallest absolute Gasteiger partial charge is 0.416 e. The van der Waals surface area contributed by atoms with Gasteiger partial charge >= 0.3 is 12.4 Å². The van der Waals surface area contributed by atoms with Crippen molar-refractivity contribution in [2.45, 2.75) is 40.9 Å². The molecule has 0 aliphatic rings. The van der Waals surface area contributed by atoms with Crippen LogP contribution in [0.15, 0.2) is 75.4 Å². The van der Waals surface area contributed by atoms with Crippen LogP contribution in [0.5, 0.6) is 5.75 Å². The van der Waals surface area contributed by atoms with Crippen molar-refractivity contribution in [2.24, 2.45) is 0 Å². The third kappa shape index (κ3) is 5.83. The zero-order valence-electron chi connectivity index (χ0n) is 17.7. The highest BCUT2D eigenvalue weighted by Gasteiger charge is 2.35. The molecule has 0 saturated carbocycles. The lowest BCUT2D eigenvalue weighted by Gasteiger charge is -2.15. The minimum Gasteiger partial charge on any atom is -0.491 e. The van der Waals surface area contributed by atoms with Gasteiger partial charge in [0, 0.05) is 12.1 Å². The second-order valence-corrected chi connectivity index (χ2v) is 9.34. The second-order valence-electron chi connectivity index (χ2n) is 7.31. The van der Waals surface area contributed by atoms with E-state index in [9.17, 15) is 26.3 Å². The second kappa shape index (κ2) is 9.69. The van der Waals surface area contributed by atoms with Crippen LogP contribution in [-0.4, -0.2) is 18.3 Å². The van der Waals surface area contributed by atoms with Gasteiger partial charge in [-0.15, -0.1) is 0 Å². The van der Waals surface area contributed by atoms with Crippen LogP contribution in [0.3, 0.4) is 0 Å². The van der Waals surface area contributed by atoms with Crippen LogP contribution in [-0.2, 0) is 23.2 Å². The Hall–Kier alpha value is -2.65. The van der Waals surface area contributed by atoms with Crippen molar-refractivity contribution in [2.75, 3.05) is 13.2 Å². The average Bonchev–Trinajstić information content (AvgIpc) is 2.73. The number of halogens is 6. The maximum atomic E-state index is 13.0. The van der Waals surface area contributed by atoms with Crippen LogP contribution < -0.4 is 4.74 Å². The Bertz CT molecular complexity index is 1010. The van der Waals surface area contributed by atoms with E-state index in [4.69, 9.17) is 9.84 Å². The highest BCUT2D eigenvalue weighted by molar-refractivity contribution is 7.97. The number of rotatable bonds is 6. The van der Waals surface area contributed by atoms with Gasteiger partial charge in [-0.3, -0.25) is 0 Å². The van der Waals surface area contributed by atoms with E-state index in [1.54, 1.807) is 26.0 Å². The monoisotopic (exact) mass is 487 g/mol. The normalized spacial score (nSPS) is 12.3. The fraction of sp³-hybridized carbons (Fsp3) is 0.250. The summed E-state index contributed by atoms with van der Waals surface area (Å²) in [5.41, 5.74) is -0.116. The molecule has 0 fully saturated rings. The van der Waals surface area contributed by atoms with Crippen LogP contribution in [0.25, 0.3) is 0 Å². The van der Waals surface area contributed by atoms with E-state index in [0.29, 0.717) is 15.5 Å². The maximum absolute atomic E-state index is 13.0. The number of hydrogen-bond donors (Lipinski definition) is 1. The molecule has 0 atom stereocenters. The van der Waals surface area contributed by atoms with Crippen LogP contribution in [0.4, 0.5) is 26.3 Å². The zero-order chi connectivity index (χ0) is 24.4. The van der Waals surface area contributed by atoms with Gasteiger partial charge in [-0.2, -0.15) is 26.3 Å². The third-order valence-electron chi connectivity index (χ3n) is 4.84. The van der Waals surface area contributed by atoms with E-state index < -0.39 is 34.4 Å². The van der Waals surface area contributed by atoms with Crippen LogP contribution >= 0.6 is 0 Å². The molecule has 176 valence electrons. The van der Waals surface area contributed by atoms with Gasteiger partial charge in [0.1, 0.15) is 12.4 Å². The Morgan fingerprint density at radius 1 is 0.697 bits per heavy atom. The van der Waals surface area contributed by atoms with Crippen LogP contribution in [0, 0.1) is 13.8 Å². The molecule has 0 spiro atoms.